The number of benzene rings is 1. The first-order chi connectivity index (χ1) is 9.95. The molecular formula is C12H14N2O7. The summed E-state index contributed by atoms with van der Waals surface area (Å²) >= 11 is 0. The van der Waals surface area contributed by atoms with E-state index in [1.165, 1.54) is 7.11 Å². The number of anilines is 1. The number of nitrogens with zero attached hydrogens (tertiary/aromatic N) is 1. The van der Waals surface area contributed by atoms with Gasteiger partial charge >= 0.3 is 5.97 Å². The summed E-state index contributed by atoms with van der Waals surface area (Å²) < 4.78 is 9.71. The summed E-state index contributed by atoms with van der Waals surface area (Å²) in [6, 6.07) is 3.15. The largest absolute Gasteiger partial charge is 0.478 e. The van der Waals surface area contributed by atoms with E-state index >= 15 is 0 Å². The Morgan fingerprint density at radius 1 is 1.38 bits per heavy atom. The van der Waals surface area contributed by atoms with Crippen LogP contribution in [0.3, 0.4) is 0 Å². The van der Waals surface area contributed by atoms with Crippen LogP contribution in [0, 0.1) is 10.1 Å². The number of carboxylic acids is 1. The van der Waals surface area contributed by atoms with E-state index in [1.54, 1.807) is 0 Å². The van der Waals surface area contributed by atoms with Crippen molar-refractivity contribution in [3.8, 4) is 0 Å². The van der Waals surface area contributed by atoms with Gasteiger partial charge in [-0.1, -0.05) is 0 Å². The molecule has 0 radical (unpaired) electrons. The first-order valence-corrected chi connectivity index (χ1v) is 5.84. The third kappa shape index (κ3) is 5.16. The Kier molecular flexibility index (Phi) is 6.24. The molecule has 0 aliphatic heterocycles. The van der Waals surface area contributed by atoms with Gasteiger partial charge < -0.3 is 19.9 Å². The van der Waals surface area contributed by atoms with E-state index in [0.29, 0.717) is 6.61 Å². The Morgan fingerprint density at radius 3 is 2.67 bits per heavy atom. The molecule has 0 heterocycles. The average Bonchev–Trinajstić information content (AvgIpc) is 2.43. The lowest BCUT2D eigenvalue weighted by atomic mass is 10.1. The number of amides is 1. The number of carbonyl (C=O) groups excluding carboxylic acids is 1. The van der Waals surface area contributed by atoms with Crippen LogP contribution in [0.1, 0.15) is 10.4 Å². The number of hydrogen-bond acceptors (Lipinski definition) is 6. The number of carboxylic acid groups (broad SMARTS) is 1. The van der Waals surface area contributed by atoms with Gasteiger partial charge in [0.2, 0.25) is 5.91 Å². The van der Waals surface area contributed by atoms with Crippen molar-refractivity contribution in [1.29, 1.82) is 0 Å². The standard InChI is InChI=1S/C12H14N2O7/c1-20-4-5-21-7-11(15)13-10-3-2-8(14(18)19)6-9(10)12(16)17/h2-3,6H,4-5,7H2,1H3,(H,13,15)(H,16,17). The number of methoxy groups -OCH3 is 1. The summed E-state index contributed by atoms with van der Waals surface area (Å²) in [5, 5.41) is 21.9. The maximum atomic E-state index is 11.6. The Labute approximate surface area is 119 Å². The number of nitro benzene ring substituents is 1. The third-order valence-corrected chi connectivity index (χ3v) is 2.38. The highest BCUT2D eigenvalue weighted by Crippen LogP contribution is 2.22. The second-order valence-electron chi connectivity index (χ2n) is 3.89. The van der Waals surface area contributed by atoms with Gasteiger partial charge in [-0.25, -0.2) is 4.79 Å². The van der Waals surface area contributed by atoms with Gasteiger partial charge in [0.25, 0.3) is 5.69 Å². The second-order valence-corrected chi connectivity index (χ2v) is 3.89. The van der Waals surface area contributed by atoms with Crippen LogP contribution in [-0.2, 0) is 14.3 Å². The maximum Gasteiger partial charge on any atom is 0.338 e. The molecule has 0 aliphatic rings. The zero-order valence-corrected chi connectivity index (χ0v) is 11.2. The van der Waals surface area contributed by atoms with Crippen molar-refractivity contribution in [3.05, 3.63) is 33.9 Å². The van der Waals surface area contributed by atoms with E-state index in [-0.39, 0.29) is 30.2 Å². The summed E-state index contributed by atoms with van der Waals surface area (Å²) in [6.45, 7) is 0.264. The van der Waals surface area contributed by atoms with Gasteiger partial charge in [-0.15, -0.1) is 0 Å². The molecule has 9 nitrogen and oxygen atoms in total. The van der Waals surface area contributed by atoms with Gasteiger partial charge in [-0.2, -0.15) is 0 Å². The van der Waals surface area contributed by atoms with Crippen LogP contribution in [0.4, 0.5) is 11.4 Å². The number of carbonyl (C=O) groups is 2. The molecule has 114 valence electrons. The van der Waals surface area contributed by atoms with Crippen molar-refractivity contribution in [2.45, 2.75) is 0 Å². The van der Waals surface area contributed by atoms with E-state index < -0.39 is 16.8 Å². The minimum Gasteiger partial charge on any atom is -0.478 e. The molecule has 0 saturated carbocycles. The quantitative estimate of drug-likeness (QED) is 0.414. The molecule has 0 aromatic heterocycles. The van der Waals surface area contributed by atoms with Crippen molar-refractivity contribution in [3.63, 3.8) is 0 Å². The topological polar surface area (TPSA) is 128 Å². The summed E-state index contributed by atoms with van der Waals surface area (Å²) in [5.41, 5.74) is -0.773. The first-order valence-electron chi connectivity index (χ1n) is 5.84. The molecule has 0 saturated heterocycles. The number of rotatable bonds is 8. The maximum absolute atomic E-state index is 11.6. The molecule has 9 heteroatoms. The van der Waals surface area contributed by atoms with Gasteiger partial charge in [0.1, 0.15) is 6.61 Å². The third-order valence-electron chi connectivity index (χ3n) is 2.38. The van der Waals surface area contributed by atoms with Crippen LogP contribution < -0.4 is 5.32 Å². The molecule has 1 aromatic carbocycles. The summed E-state index contributed by atoms with van der Waals surface area (Å²) in [5.74, 6) is -1.95. The van der Waals surface area contributed by atoms with Crippen molar-refractivity contribution in [2.75, 3.05) is 32.2 Å². The smallest absolute Gasteiger partial charge is 0.338 e. The lowest BCUT2D eigenvalue weighted by Crippen LogP contribution is -2.21. The van der Waals surface area contributed by atoms with Crippen LogP contribution in [0.15, 0.2) is 18.2 Å². The number of hydrogen-bond donors (Lipinski definition) is 2. The first kappa shape index (κ1) is 16.5. The Bertz CT molecular complexity index is 544. The number of non-ortho nitro benzene ring substituents is 1. The van der Waals surface area contributed by atoms with E-state index in [4.69, 9.17) is 14.6 Å². The highest BCUT2D eigenvalue weighted by Gasteiger charge is 2.17. The minimum atomic E-state index is -1.38. The fraction of sp³-hybridized carbons (Fsp3) is 0.333. The van der Waals surface area contributed by atoms with Crippen LogP contribution in [-0.4, -0.2) is 48.8 Å². The molecule has 1 aromatic rings. The van der Waals surface area contributed by atoms with Gasteiger partial charge in [-0.05, 0) is 6.07 Å². The summed E-state index contributed by atoms with van der Waals surface area (Å²) in [6.07, 6.45) is 0. The predicted octanol–water partition coefficient (Wildman–Crippen LogP) is 0.894. The molecule has 0 spiro atoms. The van der Waals surface area contributed by atoms with Crippen molar-refractivity contribution in [1.82, 2.24) is 0 Å². The highest BCUT2D eigenvalue weighted by molar-refractivity contribution is 6.01. The molecule has 2 N–H and O–H groups in total. The van der Waals surface area contributed by atoms with Crippen LogP contribution in [0.5, 0.6) is 0 Å². The van der Waals surface area contributed by atoms with Crippen LogP contribution in [0.25, 0.3) is 0 Å². The monoisotopic (exact) mass is 298 g/mol. The van der Waals surface area contributed by atoms with Crippen molar-refractivity contribution in [2.24, 2.45) is 0 Å². The zero-order chi connectivity index (χ0) is 15.8. The number of nitro groups is 1. The molecule has 0 fully saturated rings. The minimum absolute atomic E-state index is 0.0339. The molecule has 1 rings (SSSR count). The second kappa shape index (κ2) is 7.92. The van der Waals surface area contributed by atoms with Crippen molar-refractivity contribution >= 4 is 23.3 Å². The number of nitrogens with one attached hydrogen (secondary N) is 1. The number of ether oxygens (including phenoxy) is 2. The predicted molar refractivity (Wildman–Crippen MR) is 71.4 cm³/mol. The van der Waals surface area contributed by atoms with Gasteiger partial charge in [0.15, 0.2) is 0 Å². The summed E-state index contributed by atoms with van der Waals surface area (Å²) in [7, 11) is 1.49. The van der Waals surface area contributed by atoms with Crippen molar-refractivity contribution < 1.29 is 29.1 Å². The summed E-state index contributed by atoms with van der Waals surface area (Å²) in [4.78, 5) is 32.5. The average molecular weight is 298 g/mol. The van der Waals surface area contributed by atoms with Gasteiger partial charge in [0.05, 0.1) is 29.4 Å². The Hall–Kier alpha value is -2.52. The molecule has 0 unspecified atom stereocenters. The molecule has 0 bridgehead atoms. The molecular weight excluding hydrogens is 284 g/mol. The van der Waals surface area contributed by atoms with Gasteiger partial charge in [0, 0.05) is 19.2 Å². The van der Waals surface area contributed by atoms with Crippen LogP contribution >= 0.6 is 0 Å². The van der Waals surface area contributed by atoms with Crippen LogP contribution in [0.2, 0.25) is 0 Å². The highest BCUT2D eigenvalue weighted by atomic mass is 16.6. The molecule has 1 amide bonds. The van der Waals surface area contributed by atoms with Gasteiger partial charge in [-0.3, -0.25) is 14.9 Å². The van der Waals surface area contributed by atoms with E-state index in [1.807, 2.05) is 0 Å². The Balaban J connectivity index is 2.76. The Morgan fingerprint density at radius 2 is 2.10 bits per heavy atom. The fourth-order valence-electron chi connectivity index (χ4n) is 1.43. The lowest BCUT2D eigenvalue weighted by molar-refractivity contribution is -0.384. The molecule has 21 heavy (non-hydrogen) atoms. The normalized spacial score (nSPS) is 10.1. The molecule has 0 atom stereocenters. The number of aromatic carboxylic acids is 1. The molecule has 0 aliphatic carbocycles. The van der Waals surface area contributed by atoms with E-state index in [2.05, 4.69) is 5.32 Å². The fourth-order valence-corrected chi connectivity index (χ4v) is 1.43. The lowest BCUT2D eigenvalue weighted by Gasteiger charge is -2.08. The zero-order valence-electron chi connectivity index (χ0n) is 11.2. The van der Waals surface area contributed by atoms with E-state index in [9.17, 15) is 19.7 Å². The van der Waals surface area contributed by atoms with E-state index in [0.717, 1.165) is 18.2 Å². The SMILES string of the molecule is COCCOCC(=O)Nc1ccc([N+](=O)[O-])cc1C(=O)O.